The Hall–Kier alpha value is -2.91. The Labute approximate surface area is 169 Å². The van der Waals surface area contributed by atoms with E-state index in [1.807, 2.05) is 0 Å². The lowest BCUT2D eigenvalue weighted by Crippen LogP contribution is -2.33. The normalized spacial score (nSPS) is 15.8. The van der Waals surface area contributed by atoms with Crippen LogP contribution in [0.1, 0.15) is 23.1 Å². The summed E-state index contributed by atoms with van der Waals surface area (Å²) in [5.41, 5.74) is 0.368. The van der Waals surface area contributed by atoms with Crippen LogP contribution in [0, 0.1) is 29.1 Å². The Morgan fingerprint density at radius 3 is 1.50 bits per heavy atom. The summed E-state index contributed by atoms with van der Waals surface area (Å²) < 4.78 is 70.8. The van der Waals surface area contributed by atoms with Crippen LogP contribution in [0.15, 0.2) is 48.8 Å². The molecule has 0 radical (unpaired) electrons. The molecule has 0 spiro atoms. The number of nitrogens with zero attached hydrogens (tertiary/aromatic N) is 4. The lowest BCUT2D eigenvalue weighted by atomic mass is 10.1. The number of hydrogen-bond acceptors (Lipinski definition) is 4. The van der Waals surface area contributed by atoms with Crippen molar-refractivity contribution in [1.82, 2.24) is 19.8 Å². The Morgan fingerprint density at radius 1 is 0.667 bits per heavy atom. The highest BCUT2D eigenvalue weighted by Gasteiger charge is 2.40. The van der Waals surface area contributed by atoms with Gasteiger partial charge in [0.1, 0.15) is 0 Å². The second-order valence-electron chi connectivity index (χ2n) is 6.94. The van der Waals surface area contributed by atoms with E-state index in [0.717, 1.165) is 0 Å². The Bertz CT molecular complexity index is 954. The first-order valence-corrected chi connectivity index (χ1v) is 9.26. The minimum absolute atomic E-state index is 0.184. The van der Waals surface area contributed by atoms with Crippen molar-refractivity contribution in [3.8, 4) is 0 Å². The smallest absolute Gasteiger partial charge is 0.200 e. The first-order valence-electron chi connectivity index (χ1n) is 9.26. The Morgan fingerprint density at radius 2 is 1.10 bits per heavy atom. The zero-order valence-corrected chi connectivity index (χ0v) is 15.7. The van der Waals surface area contributed by atoms with Crippen LogP contribution in [0.25, 0.3) is 0 Å². The molecule has 0 unspecified atom stereocenters. The van der Waals surface area contributed by atoms with Crippen molar-refractivity contribution in [2.45, 2.75) is 19.3 Å². The van der Waals surface area contributed by atoms with Crippen LogP contribution in [0.4, 0.5) is 22.0 Å². The summed E-state index contributed by atoms with van der Waals surface area (Å²) in [6.07, 6.45) is 1.98. The molecule has 3 heterocycles. The highest BCUT2D eigenvalue weighted by atomic mass is 19.2. The SMILES string of the molecule is Fc1c(F)c(F)c(C2N(Cc3ccccn3)CCN2Cc2ccccn2)c(F)c1F. The number of aromatic nitrogens is 2. The fraction of sp³-hybridized carbons (Fsp3) is 0.238. The maximum absolute atomic E-state index is 14.7. The number of rotatable bonds is 5. The second kappa shape index (κ2) is 8.45. The van der Waals surface area contributed by atoms with Crippen molar-refractivity contribution in [2.75, 3.05) is 13.1 Å². The predicted molar refractivity (Wildman–Crippen MR) is 98.3 cm³/mol. The van der Waals surface area contributed by atoms with Crippen molar-refractivity contribution < 1.29 is 22.0 Å². The van der Waals surface area contributed by atoms with E-state index in [0.29, 0.717) is 24.5 Å². The van der Waals surface area contributed by atoms with E-state index in [2.05, 4.69) is 9.97 Å². The maximum Gasteiger partial charge on any atom is 0.200 e. The van der Waals surface area contributed by atoms with Gasteiger partial charge >= 0.3 is 0 Å². The molecule has 0 N–H and O–H groups in total. The molecule has 0 aliphatic carbocycles. The van der Waals surface area contributed by atoms with E-state index >= 15 is 0 Å². The van der Waals surface area contributed by atoms with E-state index in [9.17, 15) is 22.0 Å². The van der Waals surface area contributed by atoms with Crippen LogP contribution < -0.4 is 0 Å². The molecule has 1 aliphatic rings. The van der Waals surface area contributed by atoms with E-state index in [1.54, 1.807) is 58.6 Å². The van der Waals surface area contributed by atoms with Gasteiger partial charge in [-0.1, -0.05) is 12.1 Å². The van der Waals surface area contributed by atoms with Gasteiger partial charge in [0, 0.05) is 38.6 Å². The van der Waals surface area contributed by atoms with Crippen molar-refractivity contribution in [3.05, 3.63) is 94.8 Å². The first kappa shape index (κ1) is 20.4. The average Bonchev–Trinajstić information content (AvgIpc) is 3.14. The van der Waals surface area contributed by atoms with Gasteiger partial charge in [0.15, 0.2) is 23.3 Å². The van der Waals surface area contributed by atoms with Crippen LogP contribution in [-0.2, 0) is 13.1 Å². The topological polar surface area (TPSA) is 32.3 Å². The molecule has 30 heavy (non-hydrogen) atoms. The van der Waals surface area contributed by atoms with Crippen LogP contribution in [-0.4, -0.2) is 32.9 Å². The standard InChI is InChI=1S/C21H17F5N4/c22-16-15(17(23)19(25)20(26)18(16)24)21-29(11-13-5-1-3-7-27-13)9-10-30(21)12-14-6-2-4-8-28-14/h1-8,21H,9-12H2. The van der Waals surface area contributed by atoms with Gasteiger partial charge in [-0.15, -0.1) is 0 Å². The van der Waals surface area contributed by atoms with Gasteiger partial charge in [0.2, 0.25) is 5.82 Å². The van der Waals surface area contributed by atoms with Gasteiger partial charge in [0.05, 0.1) is 23.1 Å². The largest absolute Gasteiger partial charge is 0.277 e. The van der Waals surface area contributed by atoms with Gasteiger partial charge in [0.25, 0.3) is 0 Å². The number of hydrogen-bond donors (Lipinski definition) is 0. The molecule has 4 rings (SSSR count). The summed E-state index contributed by atoms with van der Waals surface area (Å²) in [5.74, 6) is -9.72. The highest BCUT2D eigenvalue weighted by Crippen LogP contribution is 2.37. The van der Waals surface area contributed by atoms with Crippen LogP contribution in [0.5, 0.6) is 0 Å². The lowest BCUT2D eigenvalue weighted by molar-refractivity contribution is 0.113. The fourth-order valence-corrected chi connectivity index (χ4v) is 3.68. The molecule has 0 atom stereocenters. The third kappa shape index (κ3) is 3.78. The number of halogens is 5. The summed E-state index contributed by atoms with van der Waals surface area (Å²) in [5, 5.41) is 0. The summed E-state index contributed by atoms with van der Waals surface area (Å²) in [4.78, 5) is 11.7. The summed E-state index contributed by atoms with van der Waals surface area (Å²) in [7, 11) is 0. The van der Waals surface area contributed by atoms with Crippen LogP contribution >= 0.6 is 0 Å². The summed E-state index contributed by atoms with van der Waals surface area (Å²) in [6, 6.07) is 10.4. The van der Waals surface area contributed by atoms with E-state index in [1.165, 1.54) is 0 Å². The van der Waals surface area contributed by atoms with E-state index in [4.69, 9.17) is 0 Å². The molecule has 1 aliphatic heterocycles. The first-order chi connectivity index (χ1) is 14.5. The molecule has 3 aromatic rings. The molecule has 156 valence electrons. The molecule has 2 aromatic heterocycles. The molecule has 0 amide bonds. The van der Waals surface area contributed by atoms with Gasteiger partial charge in [-0.05, 0) is 24.3 Å². The quantitative estimate of drug-likeness (QED) is 0.352. The van der Waals surface area contributed by atoms with Gasteiger partial charge in [-0.2, -0.15) is 0 Å². The molecular formula is C21H17F5N4. The van der Waals surface area contributed by atoms with Crippen molar-refractivity contribution in [1.29, 1.82) is 0 Å². The maximum atomic E-state index is 14.7. The minimum atomic E-state index is -2.17. The van der Waals surface area contributed by atoms with Crippen molar-refractivity contribution >= 4 is 0 Å². The molecule has 1 fully saturated rings. The van der Waals surface area contributed by atoms with Gasteiger partial charge in [-0.3, -0.25) is 19.8 Å². The summed E-state index contributed by atoms with van der Waals surface area (Å²) in [6.45, 7) is 1.08. The molecule has 1 aromatic carbocycles. The van der Waals surface area contributed by atoms with Crippen molar-refractivity contribution in [3.63, 3.8) is 0 Å². The monoisotopic (exact) mass is 420 g/mol. The molecule has 9 heteroatoms. The third-order valence-electron chi connectivity index (χ3n) is 5.05. The summed E-state index contributed by atoms with van der Waals surface area (Å²) >= 11 is 0. The molecule has 4 nitrogen and oxygen atoms in total. The third-order valence-corrected chi connectivity index (χ3v) is 5.05. The van der Waals surface area contributed by atoms with Crippen molar-refractivity contribution in [2.24, 2.45) is 0 Å². The fourth-order valence-electron chi connectivity index (χ4n) is 3.68. The van der Waals surface area contributed by atoms with Gasteiger partial charge < -0.3 is 0 Å². The minimum Gasteiger partial charge on any atom is -0.277 e. The van der Waals surface area contributed by atoms with Crippen LogP contribution in [0.3, 0.4) is 0 Å². The number of benzene rings is 1. The Kier molecular flexibility index (Phi) is 5.74. The highest BCUT2D eigenvalue weighted by molar-refractivity contribution is 5.28. The lowest BCUT2D eigenvalue weighted by Gasteiger charge is -2.31. The second-order valence-corrected chi connectivity index (χ2v) is 6.94. The molecule has 0 bridgehead atoms. The Balaban J connectivity index is 1.76. The molecular weight excluding hydrogens is 403 g/mol. The molecule has 1 saturated heterocycles. The van der Waals surface area contributed by atoms with E-state index < -0.39 is 40.8 Å². The predicted octanol–water partition coefficient (Wildman–Crippen LogP) is 4.19. The number of pyridine rings is 2. The average molecular weight is 420 g/mol. The zero-order valence-electron chi connectivity index (χ0n) is 15.7. The molecule has 0 saturated carbocycles. The van der Waals surface area contributed by atoms with Gasteiger partial charge in [-0.25, -0.2) is 22.0 Å². The zero-order chi connectivity index (χ0) is 21.3. The van der Waals surface area contributed by atoms with E-state index in [-0.39, 0.29) is 13.1 Å². The van der Waals surface area contributed by atoms with Crippen LogP contribution in [0.2, 0.25) is 0 Å².